The van der Waals surface area contributed by atoms with Gasteiger partial charge in [-0.25, -0.2) is 4.79 Å². The molecule has 2 aromatic rings. The molecule has 8 nitrogen and oxygen atoms in total. The van der Waals surface area contributed by atoms with Crippen LogP contribution in [0.1, 0.15) is 56.5 Å². The van der Waals surface area contributed by atoms with E-state index in [1.54, 1.807) is 30.2 Å². The van der Waals surface area contributed by atoms with E-state index in [1.807, 2.05) is 30.3 Å². The highest BCUT2D eigenvalue weighted by atomic mass is 16.7. The largest absolute Gasteiger partial charge is 0.478 e. The number of nitrogens with one attached hydrogen (secondary N) is 1. The van der Waals surface area contributed by atoms with E-state index in [-0.39, 0.29) is 30.7 Å². The summed E-state index contributed by atoms with van der Waals surface area (Å²) in [7, 11) is 0. The molecule has 8 atom stereocenters. The van der Waals surface area contributed by atoms with Gasteiger partial charge in [-0.05, 0) is 77.8 Å². The second-order valence-corrected chi connectivity index (χ2v) is 12.3. The molecule has 1 aliphatic heterocycles. The number of aliphatic hydroxyl groups is 2. The Bertz CT molecular complexity index is 1230. The zero-order valence-corrected chi connectivity index (χ0v) is 23.1. The molecule has 6 rings (SSSR count). The zero-order valence-electron chi connectivity index (χ0n) is 23.1. The number of amides is 1. The average molecular weight is 537 g/mol. The molecule has 210 valence electrons. The molecule has 0 radical (unpaired) electrons. The van der Waals surface area contributed by atoms with Gasteiger partial charge in [0.1, 0.15) is 12.1 Å². The summed E-state index contributed by atoms with van der Waals surface area (Å²) in [5.74, 6) is -0.215. The van der Waals surface area contributed by atoms with Gasteiger partial charge < -0.3 is 20.6 Å². The molecule has 2 aromatic carbocycles. The first-order chi connectivity index (χ1) is 18.5. The number of hydrogen-bond acceptors (Lipinski definition) is 6. The zero-order chi connectivity index (χ0) is 28.1. The lowest BCUT2D eigenvalue weighted by molar-refractivity contribution is -0.183. The number of carbonyl (C=O) groups is 2. The molecule has 1 amide bonds. The van der Waals surface area contributed by atoms with Gasteiger partial charge in [-0.3, -0.25) is 9.63 Å². The Morgan fingerprint density at radius 2 is 1.82 bits per heavy atom. The third-order valence-corrected chi connectivity index (χ3v) is 9.77. The van der Waals surface area contributed by atoms with Gasteiger partial charge >= 0.3 is 5.97 Å². The minimum Gasteiger partial charge on any atom is -0.478 e. The average Bonchev–Trinajstić information content (AvgIpc) is 3.28. The lowest BCUT2D eigenvalue weighted by Crippen LogP contribution is -2.62. The van der Waals surface area contributed by atoms with Crippen molar-refractivity contribution in [1.82, 2.24) is 10.4 Å². The van der Waals surface area contributed by atoms with Crippen molar-refractivity contribution < 1.29 is 29.7 Å². The van der Waals surface area contributed by atoms with Gasteiger partial charge in [0.15, 0.2) is 0 Å². The fourth-order valence-electron chi connectivity index (χ4n) is 7.35. The smallest absolute Gasteiger partial charge is 0.335 e. The number of nitrogens with zero attached hydrogens (tertiary/aromatic N) is 1. The Hall–Kier alpha value is -2.78. The summed E-state index contributed by atoms with van der Waals surface area (Å²) in [6, 6.07) is 13.7. The van der Waals surface area contributed by atoms with E-state index in [4.69, 9.17) is 4.84 Å². The Kier molecular flexibility index (Phi) is 7.59. The fraction of sp³-hybridized carbons (Fsp3) is 0.548. The van der Waals surface area contributed by atoms with Crippen molar-refractivity contribution in [2.45, 2.75) is 71.4 Å². The molecule has 2 bridgehead atoms. The van der Waals surface area contributed by atoms with E-state index in [1.165, 1.54) is 6.42 Å². The highest BCUT2D eigenvalue weighted by molar-refractivity contribution is 5.89. The number of carboxylic acid groups (broad SMARTS) is 1. The number of hydroxylamine groups is 2. The van der Waals surface area contributed by atoms with Crippen molar-refractivity contribution in [2.24, 2.45) is 29.1 Å². The Morgan fingerprint density at radius 3 is 2.44 bits per heavy atom. The van der Waals surface area contributed by atoms with Crippen molar-refractivity contribution in [3.8, 4) is 11.1 Å². The second-order valence-electron chi connectivity index (χ2n) is 12.3. The molecular formula is C31H40N2O6. The molecule has 0 aromatic heterocycles. The molecule has 1 heterocycles. The number of fused-ring (bicyclic) bond motifs is 2. The monoisotopic (exact) mass is 536 g/mol. The van der Waals surface area contributed by atoms with Crippen molar-refractivity contribution in [3.63, 3.8) is 0 Å². The van der Waals surface area contributed by atoms with Gasteiger partial charge in [-0.1, -0.05) is 51.1 Å². The predicted octanol–water partition coefficient (Wildman–Crippen LogP) is 3.71. The highest BCUT2D eigenvalue weighted by Gasteiger charge is 2.57. The van der Waals surface area contributed by atoms with Crippen LogP contribution in [0.2, 0.25) is 0 Å². The molecule has 4 N–H and O–H groups in total. The molecule has 1 unspecified atom stereocenters. The minimum absolute atomic E-state index is 0.0730. The Labute approximate surface area is 229 Å². The topological polar surface area (TPSA) is 119 Å². The molecular weight excluding hydrogens is 496 g/mol. The molecule has 4 fully saturated rings. The molecule has 4 aliphatic rings. The summed E-state index contributed by atoms with van der Waals surface area (Å²) in [5.41, 5.74) is 3.00. The normalized spacial score (nSPS) is 32.3. The number of hydrogen-bond donors (Lipinski definition) is 4. The van der Waals surface area contributed by atoms with Crippen LogP contribution < -0.4 is 5.32 Å². The predicted molar refractivity (Wildman–Crippen MR) is 146 cm³/mol. The van der Waals surface area contributed by atoms with Crippen LogP contribution in [0.3, 0.4) is 0 Å². The number of carboxylic acids is 1. The summed E-state index contributed by atoms with van der Waals surface area (Å²) >= 11 is 0. The van der Waals surface area contributed by atoms with Gasteiger partial charge in [0.05, 0.1) is 24.8 Å². The van der Waals surface area contributed by atoms with Crippen LogP contribution in [-0.4, -0.2) is 63.2 Å². The van der Waals surface area contributed by atoms with Gasteiger partial charge in [0, 0.05) is 12.0 Å². The van der Waals surface area contributed by atoms with Crippen LogP contribution in [0.15, 0.2) is 48.5 Å². The maximum absolute atomic E-state index is 13.8. The third-order valence-electron chi connectivity index (χ3n) is 9.77. The summed E-state index contributed by atoms with van der Waals surface area (Å²) in [6.45, 7) is 8.47. The standard InChI is InChI=1S/C31H40N2O6/c1-17-24-13-23(31(24,3)4)14-25(17)32-29(36)28-27(18(2)35)26(16-34)39-33(28)15-19-7-5-8-20(11-19)21-9-6-10-22(12-21)30(37)38/h5-12,17-18,23-28,34-35H,13-16H2,1-4H3,(H,32,36)(H,37,38)/t17?,18-,23+,24-,25-,26-,27+,28-/m0/s1. The van der Waals surface area contributed by atoms with E-state index in [0.717, 1.165) is 23.1 Å². The molecule has 39 heavy (non-hydrogen) atoms. The number of rotatable bonds is 8. The van der Waals surface area contributed by atoms with Gasteiger partial charge in [-0.2, -0.15) is 5.06 Å². The van der Waals surface area contributed by atoms with E-state index in [9.17, 15) is 24.9 Å². The number of benzene rings is 2. The van der Waals surface area contributed by atoms with Crippen LogP contribution in [0.25, 0.3) is 11.1 Å². The van der Waals surface area contributed by atoms with E-state index in [2.05, 4.69) is 26.1 Å². The minimum atomic E-state index is -0.986. The van der Waals surface area contributed by atoms with Gasteiger partial charge in [0.2, 0.25) is 5.91 Å². The van der Waals surface area contributed by atoms with Crippen LogP contribution in [0.5, 0.6) is 0 Å². The van der Waals surface area contributed by atoms with E-state index < -0.39 is 30.1 Å². The first-order valence-corrected chi connectivity index (χ1v) is 14.0. The van der Waals surface area contributed by atoms with Crippen molar-refractivity contribution in [3.05, 3.63) is 59.7 Å². The van der Waals surface area contributed by atoms with Crippen LogP contribution >= 0.6 is 0 Å². The highest BCUT2D eigenvalue weighted by Crippen LogP contribution is 2.61. The number of carbonyl (C=O) groups excluding carboxylic acids is 1. The summed E-state index contributed by atoms with van der Waals surface area (Å²) in [4.78, 5) is 31.3. The number of aromatic carboxylic acids is 1. The van der Waals surface area contributed by atoms with E-state index in [0.29, 0.717) is 23.2 Å². The van der Waals surface area contributed by atoms with Gasteiger partial charge in [-0.15, -0.1) is 0 Å². The Morgan fingerprint density at radius 1 is 1.13 bits per heavy atom. The maximum atomic E-state index is 13.8. The summed E-state index contributed by atoms with van der Waals surface area (Å²) in [6.07, 6.45) is 0.606. The molecule has 8 heteroatoms. The molecule has 3 aliphatic carbocycles. The van der Waals surface area contributed by atoms with Crippen molar-refractivity contribution >= 4 is 11.9 Å². The van der Waals surface area contributed by atoms with Crippen LogP contribution in [0.4, 0.5) is 0 Å². The first-order valence-electron chi connectivity index (χ1n) is 14.0. The van der Waals surface area contributed by atoms with E-state index >= 15 is 0 Å². The van der Waals surface area contributed by atoms with Gasteiger partial charge in [0.25, 0.3) is 0 Å². The first kappa shape index (κ1) is 27.8. The maximum Gasteiger partial charge on any atom is 0.335 e. The molecule has 3 saturated carbocycles. The lowest BCUT2D eigenvalue weighted by atomic mass is 9.45. The molecule has 0 spiro atoms. The van der Waals surface area contributed by atoms with Crippen LogP contribution in [0, 0.1) is 29.1 Å². The lowest BCUT2D eigenvalue weighted by Gasteiger charge is -2.62. The van der Waals surface area contributed by atoms with Crippen LogP contribution in [-0.2, 0) is 16.2 Å². The summed E-state index contributed by atoms with van der Waals surface area (Å²) in [5, 5.41) is 35.0. The second kappa shape index (κ2) is 10.7. The SMILES string of the molecule is CC1[C@@H](NC(=O)[C@@H]2[C@H]([C@H](C)O)[C@H](CO)ON2Cc2cccc(-c3cccc(C(=O)O)c3)c2)C[C@H]2C[C@@H]1C2(C)C. The Balaban J connectivity index is 1.37. The quantitative estimate of drug-likeness (QED) is 0.406. The van der Waals surface area contributed by atoms with Crippen molar-refractivity contribution in [1.29, 1.82) is 0 Å². The number of aliphatic hydroxyl groups excluding tert-OH is 2. The molecule has 1 saturated heterocycles. The summed E-state index contributed by atoms with van der Waals surface area (Å²) < 4.78 is 0. The third kappa shape index (κ3) is 5.11. The van der Waals surface area contributed by atoms with Crippen molar-refractivity contribution in [2.75, 3.05) is 6.61 Å². The fourth-order valence-corrected chi connectivity index (χ4v) is 7.35.